The number of Topliss-reactive ketones (excluding diaryl/α,β-unsaturated/α-hetero) is 1. The zero-order valence-corrected chi connectivity index (χ0v) is 19.3. The fraction of sp³-hybridized carbons (Fsp3) is 0.792. The third-order valence-corrected chi connectivity index (χ3v) is 9.12. The summed E-state index contributed by atoms with van der Waals surface area (Å²) >= 11 is 0. The Hall–Kier alpha value is -1.77. The third-order valence-electron chi connectivity index (χ3n) is 9.12. The number of aliphatic hydroxyl groups excluding tert-OH is 3. The Bertz CT molecular complexity index is 879. The van der Waals surface area contributed by atoms with Gasteiger partial charge in [0, 0.05) is 42.9 Å². The van der Waals surface area contributed by atoms with Gasteiger partial charge in [0.05, 0.1) is 23.7 Å². The normalized spacial score (nSPS) is 49.1. The van der Waals surface area contributed by atoms with Crippen LogP contribution in [0, 0.1) is 34.0 Å². The first kappa shape index (κ1) is 23.4. The highest BCUT2D eigenvalue weighted by molar-refractivity contribution is 5.91. The van der Waals surface area contributed by atoms with Crippen LogP contribution < -0.4 is 0 Å². The van der Waals surface area contributed by atoms with Crippen molar-refractivity contribution in [3.63, 3.8) is 0 Å². The van der Waals surface area contributed by atoms with Gasteiger partial charge in [-0.15, -0.1) is 0 Å². The highest BCUT2D eigenvalue weighted by Crippen LogP contribution is 2.71. The van der Waals surface area contributed by atoms with Crippen LogP contribution in [-0.2, 0) is 23.9 Å². The van der Waals surface area contributed by atoms with E-state index in [9.17, 15) is 29.7 Å². The van der Waals surface area contributed by atoms with E-state index in [-0.39, 0.29) is 12.3 Å². The van der Waals surface area contributed by atoms with Crippen LogP contribution in [0.15, 0.2) is 12.2 Å². The molecule has 1 spiro atoms. The van der Waals surface area contributed by atoms with Crippen LogP contribution in [0.25, 0.3) is 0 Å². The van der Waals surface area contributed by atoms with Gasteiger partial charge in [0.15, 0.2) is 11.9 Å². The standard InChI is InChI=1S/C24H34O8/c1-10-13-7-14(27)18-23(6)15(28)8-16(31-11(2)25)22(4,5)19(23)17(29)21(32-12(3)26)24(18,9-13)20(10)30/h13-16,18-21,27-28,30H,1,7-9H2,2-6H3/t13-,14+,15+,16+,18+,19-,20-,21+,23+,24+/m1/s1. The summed E-state index contributed by atoms with van der Waals surface area (Å²) in [6.45, 7) is 11.9. The van der Waals surface area contributed by atoms with Crippen molar-refractivity contribution in [2.24, 2.45) is 34.0 Å². The summed E-state index contributed by atoms with van der Waals surface area (Å²) in [5, 5.41) is 34.1. The van der Waals surface area contributed by atoms with Gasteiger partial charge < -0.3 is 24.8 Å². The quantitative estimate of drug-likeness (QED) is 0.422. The van der Waals surface area contributed by atoms with Gasteiger partial charge in [0.25, 0.3) is 0 Å². The molecule has 0 aliphatic heterocycles. The third kappa shape index (κ3) is 2.75. The SMILES string of the molecule is C=C1[C@@H]2C[C@H](O)[C@H]3[C@@]4(C)[C@H](C(=O)[C@H](OC(C)=O)[C@]3(C2)[C@@H]1O)C(C)(C)[C@@H](OC(C)=O)C[C@@H]4O. The Morgan fingerprint density at radius 2 is 1.62 bits per heavy atom. The van der Waals surface area contributed by atoms with E-state index in [1.165, 1.54) is 13.8 Å². The fourth-order valence-electron chi connectivity index (χ4n) is 8.11. The molecule has 0 unspecified atom stereocenters. The second-order valence-corrected chi connectivity index (χ2v) is 11.1. The first-order valence-corrected chi connectivity index (χ1v) is 11.3. The maximum absolute atomic E-state index is 14.1. The summed E-state index contributed by atoms with van der Waals surface area (Å²) < 4.78 is 11.1. The molecule has 0 saturated heterocycles. The molecule has 4 saturated carbocycles. The number of hydrogen-bond acceptors (Lipinski definition) is 8. The van der Waals surface area contributed by atoms with Crippen LogP contribution in [-0.4, -0.2) is 63.6 Å². The molecule has 0 amide bonds. The summed E-state index contributed by atoms with van der Waals surface area (Å²) in [5.74, 6) is -3.40. The molecule has 0 aromatic rings. The van der Waals surface area contributed by atoms with Crippen molar-refractivity contribution >= 4 is 17.7 Å². The maximum Gasteiger partial charge on any atom is 0.303 e. The molecule has 8 nitrogen and oxygen atoms in total. The molecule has 10 atom stereocenters. The van der Waals surface area contributed by atoms with Gasteiger partial charge in [-0.05, 0) is 24.3 Å². The zero-order chi connectivity index (χ0) is 24.0. The van der Waals surface area contributed by atoms with Gasteiger partial charge >= 0.3 is 11.9 Å². The topological polar surface area (TPSA) is 130 Å². The first-order chi connectivity index (χ1) is 14.7. The monoisotopic (exact) mass is 450 g/mol. The Morgan fingerprint density at radius 3 is 2.19 bits per heavy atom. The number of carbonyl (C=O) groups excluding carboxylic acids is 3. The smallest absolute Gasteiger partial charge is 0.303 e. The summed E-state index contributed by atoms with van der Waals surface area (Å²) in [4.78, 5) is 38.0. The summed E-state index contributed by atoms with van der Waals surface area (Å²) in [5.41, 5.74) is -2.78. The number of aliphatic hydroxyl groups is 3. The lowest BCUT2D eigenvalue weighted by atomic mass is 9.38. The molecule has 178 valence electrons. The van der Waals surface area contributed by atoms with Gasteiger partial charge in [-0.25, -0.2) is 0 Å². The number of carbonyl (C=O) groups is 3. The average Bonchev–Trinajstić information content (AvgIpc) is 2.84. The molecule has 0 heterocycles. The fourth-order valence-corrected chi connectivity index (χ4v) is 8.11. The molecule has 4 rings (SSSR count). The molecule has 0 aromatic heterocycles. The lowest BCUT2D eigenvalue weighted by molar-refractivity contribution is -0.273. The summed E-state index contributed by atoms with van der Waals surface area (Å²) in [7, 11) is 0. The lowest BCUT2D eigenvalue weighted by Gasteiger charge is -2.67. The Balaban J connectivity index is 1.94. The number of esters is 2. The molecular weight excluding hydrogens is 416 g/mol. The Labute approximate surface area is 188 Å². The van der Waals surface area contributed by atoms with E-state index >= 15 is 0 Å². The van der Waals surface area contributed by atoms with Crippen molar-refractivity contribution < 1.29 is 39.2 Å². The minimum Gasteiger partial charge on any atom is -0.462 e. The van der Waals surface area contributed by atoms with E-state index in [2.05, 4.69) is 6.58 Å². The number of ether oxygens (including phenoxy) is 2. The van der Waals surface area contributed by atoms with Gasteiger partial charge in [-0.2, -0.15) is 0 Å². The minimum absolute atomic E-state index is 0.102. The summed E-state index contributed by atoms with van der Waals surface area (Å²) in [6.07, 6.45) is -4.39. The molecule has 0 radical (unpaired) electrons. The van der Waals surface area contributed by atoms with Crippen LogP contribution >= 0.6 is 0 Å². The number of ketones is 1. The molecule has 3 N–H and O–H groups in total. The predicted molar refractivity (Wildman–Crippen MR) is 112 cm³/mol. The molecule has 4 fully saturated rings. The van der Waals surface area contributed by atoms with Crippen molar-refractivity contribution in [3.8, 4) is 0 Å². The van der Waals surface area contributed by atoms with Gasteiger partial charge in [0.2, 0.25) is 0 Å². The van der Waals surface area contributed by atoms with Gasteiger partial charge in [0.1, 0.15) is 6.10 Å². The molecule has 4 aliphatic carbocycles. The second kappa shape index (κ2) is 7.11. The van der Waals surface area contributed by atoms with E-state index in [4.69, 9.17) is 9.47 Å². The Morgan fingerprint density at radius 1 is 1.03 bits per heavy atom. The van der Waals surface area contributed by atoms with Crippen LogP contribution in [0.1, 0.15) is 53.9 Å². The molecular formula is C24H34O8. The van der Waals surface area contributed by atoms with Gasteiger partial charge in [-0.3, -0.25) is 14.4 Å². The lowest BCUT2D eigenvalue weighted by Crippen LogP contribution is -2.75. The molecule has 8 heteroatoms. The van der Waals surface area contributed by atoms with E-state index in [0.717, 1.165) is 0 Å². The predicted octanol–water partition coefficient (Wildman–Crippen LogP) is 1.15. The number of fused-ring (bicyclic) bond motifs is 3. The largest absolute Gasteiger partial charge is 0.462 e. The molecule has 2 bridgehead atoms. The zero-order valence-electron chi connectivity index (χ0n) is 19.3. The first-order valence-electron chi connectivity index (χ1n) is 11.3. The summed E-state index contributed by atoms with van der Waals surface area (Å²) in [6, 6.07) is 0. The van der Waals surface area contributed by atoms with E-state index < -0.39 is 76.3 Å². The van der Waals surface area contributed by atoms with Crippen molar-refractivity contribution in [1.82, 2.24) is 0 Å². The maximum atomic E-state index is 14.1. The molecule has 4 aliphatic rings. The van der Waals surface area contributed by atoms with Crippen LogP contribution in [0.5, 0.6) is 0 Å². The van der Waals surface area contributed by atoms with E-state index in [1.807, 2.05) is 0 Å². The second-order valence-electron chi connectivity index (χ2n) is 11.1. The highest BCUT2D eigenvalue weighted by atomic mass is 16.6. The number of rotatable bonds is 2. The van der Waals surface area contributed by atoms with Crippen molar-refractivity contribution in [2.45, 2.75) is 84.4 Å². The van der Waals surface area contributed by atoms with E-state index in [1.54, 1.807) is 20.8 Å². The number of hydrogen-bond donors (Lipinski definition) is 3. The van der Waals surface area contributed by atoms with Crippen molar-refractivity contribution in [3.05, 3.63) is 12.2 Å². The molecule has 0 aromatic carbocycles. The van der Waals surface area contributed by atoms with Crippen LogP contribution in [0.4, 0.5) is 0 Å². The molecule has 32 heavy (non-hydrogen) atoms. The van der Waals surface area contributed by atoms with Crippen LogP contribution in [0.2, 0.25) is 0 Å². The van der Waals surface area contributed by atoms with Crippen LogP contribution in [0.3, 0.4) is 0 Å². The van der Waals surface area contributed by atoms with Crippen molar-refractivity contribution in [2.75, 3.05) is 0 Å². The Kier molecular flexibility index (Phi) is 5.20. The minimum atomic E-state index is -1.29. The van der Waals surface area contributed by atoms with Gasteiger partial charge in [-0.1, -0.05) is 27.4 Å². The average molecular weight is 451 g/mol. The van der Waals surface area contributed by atoms with Crippen molar-refractivity contribution in [1.29, 1.82) is 0 Å². The van der Waals surface area contributed by atoms with E-state index in [0.29, 0.717) is 18.4 Å². The highest BCUT2D eigenvalue weighted by Gasteiger charge is 2.78.